The number of hydrogen-bond donors (Lipinski definition) is 0. The number of hydrogen-bond acceptors (Lipinski definition) is 4. The van der Waals surface area contributed by atoms with Gasteiger partial charge in [0.05, 0.1) is 11.7 Å². The zero-order chi connectivity index (χ0) is 21.0. The van der Waals surface area contributed by atoms with Gasteiger partial charge in [0, 0.05) is 27.1 Å². The molecule has 0 atom stereocenters. The number of anilines is 3. The summed E-state index contributed by atoms with van der Waals surface area (Å²) >= 11 is 4.78. The summed E-state index contributed by atoms with van der Waals surface area (Å²) in [5, 5.41) is 0. The van der Waals surface area contributed by atoms with Crippen LogP contribution in [-0.4, -0.2) is 8.75 Å². The van der Waals surface area contributed by atoms with E-state index in [0.717, 1.165) is 43.7 Å². The van der Waals surface area contributed by atoms with Crippen LogP contribution in [0.25, 0.3) is 23.2 Å². The Hall–Kier alpha value is -3.28. The van der Waals surface area contributed by atoms with Gasteiger partial charge in [-0.25, -0.2) is 0 Å². The maximum absolute atomic E-state index is 4.44. The number of nitrogens with zero attached hydrogens (tertiary/aromatic N) is 3. The first-order chi connectivity index (χ1) is 15.3. The van der Waals surface area contributed by atoms with E-state index in [-0.39, 0.29) is 0 Å². The average molecular weight is 484 g/mol. The normalized spacial score (nSPS) is 11.3. The summed E-state index contributed by atoms with van der Waals surface area (Å²) in [6, 6.07) is 33.5. The van der Waals surface area contributed by atoms with Crippen molar-refractivity contribution in [2.45, 2.75) is 0 Å². The van der Waals surface area contributed by atoms with Crippen molar-refractivity contribution in [2.24, 2.45) is 0 Å². The van der Waals surface area contributed by atoms with E-state index in [0.29, 0.717) is 0 Å². The van der Waals surface area contributed by atoms with E-state index in [2.05, 4.69) is 121 Å². The van der Waals surface area contributed by atoms with E-state index < -0.39 is 0 Å². The molecular weight excluding hydrogens is 466 g/mol. The molecule has 5 rings (SSSR count). The predicted octanol–water partition coefficient (Wildman–Crippen LogP) is 8.09. The van der Waals surface area contributed by atoms with Crippen LogP contribution < -0.4 is 4.90 Å². The van der Waals surface area contributed by atoms with Gasteiger partial charge in [0.1, 0.15) is 11.0 Å². The molecule has 5 aromatic rings. The molecule has 5 heteroatoms. The van der Waals surface area contributed by atoms with E-state index in [9.17, 15) is 0 Å². The first-order valence-corrected chi connectivity index (χ1v) is 11.4. The summed E-state index contributed by atoms with van der Waals surface area (Å²) in [6.45, 7) is 0. The van der Waals surface area contributed by atoms with Crippen molar-refractivity contribution in [1.29, 1.82) is 0 Å². The lowest BCUT2D eigenvalue weighted by molar-refractivity contribution is 1.28. The van der Waals surface area contributed by atoms with Crippen molar-refractivity contribution in [3.63, 3.8) is 0 Å². The Morgan fingerprint density at radius 3 is 1.84 bits per heavy atom. The van der Waals surface area contributed by atoms with Gasteiger partial charge in [0.25, 0.3) is 0 Å². The Labute approximate surface area is 193 Å². The van der Waals surface area contributed by atoms with Crippen LogP contribution >= 0.6 is 27.7 Å². The van der Waals surface area contributed by atoms with Crippen molar-refractivity contribution < 1.29 is 0 Å². The van der Waals surface area contributed by atoms with Crippen LogP contribution in [0.5, 0.6) is 0 Å². The average Bonchev–Trinajstić information content (AvgIpc) is 3.32. The maximum atomic E-state index is 4.44. The van der Waals surface area contributed by atoms with Crippen LogP contribution in [0.3, 0.4) is 0 Å². The topological polar surface area (TPSA) is 29.0 Å². The summed E-state index contributed by atoms with van der Waals surface area (Å²) in [7, 11) is 0. The quantitative estimate of drug-likeness (QED) is 0.236. The molecule has 3 nitrogen and oxygen atoms in total. The van der Waals surface area contributed by atoms with E-state index >= 15 is 0 Å². The predicted molar refractivity (Wildman–Crippen MR) is 135 cm³/mol. The number of benzene rings is 4. The Bertz CT molecular complexity index is 1290. The largest absolute Gasteiger partial charge is 0.311 e. The van der Waals surface area contributed by atoms with E-state index in [1.54, 1.807) is 0 Å². The lowest BCUT2D eigenvalue weighted by Gasteiger charge is -2.25. The third-order valence-electron chi connectivity index (χ3n) is 5.03. The van der Waals surface area contributed by atoms with Crippen LogP contribution in [0.1, 0.15) is 11.1 Å². The summed E-state index contributed by atoms with van der Waals surface area (Å²) < 4.78 is 9.78. The monoisotopic (exact) mass is 483 g/mol. The van der Waals surface area contributed by atoms with E-state index in [1.807, 2.05) is 18.2 Å². The van der Waals surface area contributed by atoms with Gasteiger partial charge in [-0.1, -0.05) is 66.7 Å². The second kappa shape index (κ2) is 8.84. The molecule has 0 spiro atoms. The third-order valence-corrected chi connectivity index (χ3v) is 6.20. The summed E-state index contributed by atoms with van der Waals surface area (Å²) in [5.41, 5.74) is 7.39. The fraction of sp³-hybridized carbons (Fsp3) is 0. The molecule has 0 aliphatic carbocycles. The van der Waals surface area contributed by atoms with Crippen LogP contribution in [0.15, 0.2) is 102 Å². The minimum atomic E-state index is 0.906. The van der Waals surface area contributed by atoms with Gasteiger partial charge in [0.2, 0.25) is 0 Å². The molecule has 150 valence electrons. The molecule has 0 amide bonds. The molecule has 0 aliphatic heterocycles. The molecule has 31 heavy (non-hydrogen) atoms. The van der Waals surface area contributed by atoms with Gasteiger partial charge in [-0.2, -0.15) is 8.75 Å². The SMILES string of the molecule is Brc1ccc(C=Cc2ccc(N(c3ccccc3)c3ccccc3)cc2)c2nsnc12. The van der Waals surface area contributed by atoms with Gasteiger partial charge in [-0.15, -0.1) is 0 Å². The zero-order valence-electron chi connectivity index (χ0n) is 16.5. The Morgan fingerprint density at radius 2 is 1.19 bits per heavy atom. The Kier molecular flexibility index (Phi) is 5.61. The van der Waals surface area contributed by atoms with Crippen molar-refractivity contribution >= 4 is 67.9 Å². The van der Waals surface area contributed by atoms with Gasteiger partial charge in [-0.05, 0) is 64.0 Å². The fourth-order valence-corrected chi connectivity index (χ4v) is 4.62. The number of fused-ring (bicyclic) bond motifs is 1. The van der Waals surface area contributed by atoms with E-state index in [4.69, 9.17) is 0 Å². The smallest absolute Gasteiger partial charge is 0.119 e. The van der Waals surface area contributed by atoms with E-state index in [1.165, 1.54) is 11.7 Å². The fourth-order valence-electron chi connectivity index (χ4n) is 3.51. The molecule has 1 heterocycles. The molecule has 4 aromatic carbocycles. The molecule has 1 aromatic heterocycles. The highest BCUT2D eigenvalue weighted by Gasteiger charge is 2.11. The molecular formula is C26H18BrN3S. The Balaban J connectivity index is 1.46. The summed E-state index contributed by atoms with van der Waals surface area (Å²) in [4.78, 5) is 2.26. The van der Waals surface area contributed by atoms with Gasteiger partial charge >= 0.3 is 0 Å². The van der Waals surface area contributed by atoms with Crippen LogP contribution in [0, 0.1) is 0 Å². The van der Waals surface area contributed by atoms with Crippen molar-refractivity contribution in [2.75, 3.05) is 4.90 Å². The molecule has 0 saturated heterocycles. The van der Waals surface area contributed by atoms with Gasteiger partial charge < -0.3 is 4.90 Å². The minimum Gasteiger partial charge on any atom is -0.311 e. The molecule has 0 saturated carbocycles. The minimum absolute atomic E-state index is 0.906. The highest BCUT2D eigenvalue weighted by atomic mass is 79.9. The highest BCUT2D eigenvalue weighted by molar-refractivity contribution is 9.10. The standard InChI is InChI=1S/C26H18BrN3S/c27-24-18-15-20(25-26(24)29-31-28-25)14-11-19-12-16-23(17-13-19)30(21-7-3-1-4-8-21)22-9-5-2-6-10-22/h1-18H. The maximum Gasteiger partial charge on any atom is 0.119 e. The third kappa shape index (κ3) is 4.15. The van der Waals surface area contributed by atoms with Crippen LogP contribution in [0.4, 0.5) is 17.1 Å². The number of halogens is 1. The van der Waals surface area contributed by atoms with Crippen molar-refractivity contribution in [3.8, 4) is 0 Å². The van der Waals surface area contributed by atoms with Crippen molar-refractivity contribution in [3.05, 3.63) is 113 Å². The molecule has 0 N–H and O–H groups in total. The number of aromatic nitrogens is 2. The first-order valence-electron chi connectivity index (χ1n) is 9.89. The van der Waals surface area contributed by atoms with Crippen LogP contribution in [0.2, 0.25) is 0 Å². The lowest BCUT2D eigenvalue weighted by atomic mass is 10.1. The molecule has 0 radical (unpaired) electrons. The van der Waals surface area contributed by atoms with Crippen molar-refractivity contribution in [1.82, 2.24) is 8.75 Å². The highest BCUT2D eigenvalue weighted by Crippen LogP contribution is 2.34. The van der Waals surface area contributed by atoms with Gasteiger partial charge in [-0.3, -0.25) is 0 Å². The molecule has 0 unspecified atom stereocenters. The summed E-state index contributed by atoms with van der Waals surface area (Å²) in [6.07, 6.45) is 4.21. The molecule has 0 fully saturated rings. The van der Waals surface area contributed by atoms with Crippen LogP contribution in [-0.2, 0) is 0 Å². The summed E-state index contributed by atoms with van der Waals surface area (Å²) in [5.74, 6) is 0. The number of para-hydroxylation sites is 2. The lowest BCUT2D eigenvalue weighted by Crippen LogP contribution is -2.09. The second-order valence-electron chi connectivity index (χ2n) is 7.03. The molecule has 0 bridgehead atoms. The second-order valence-corrected chi connectivity index (χ2v) is 8.41. The zero-order valence-corrected chi connectivity index (χ0v) is 18.9. The number of rotatable bonds is 5. The van der Waals surface area contributed by atoms with Gasteiger partial charge in [0.15, 0.2) is 0 Å². The first kappa shape index (κ1) is 19.7. The Morgan fingerprint density at radius 1 is 0.613 bits per heavy atom. The molecule has 0 aliphatic rings.